The van der Waals surface area contributed by atoms with Crippen molar-refractivity contribution in [2.24, 2.45) is 0 Å². The summed E-state index contributed by atoms with van der Waals surface area (Å²) in [5.74, 6) is 0.682. The first-order valence-electron chi connectivity index (χ1n) is 6.18. The molecule has 0 saturated carbocycles. The molecule has 0 heterocycles. The Kier molecular flexibility index (Phi) is 4.50. The standard InChI is InChI=1S/C15H15NO4S/c1-20-14-8-6-11(7-9-14)15(17,21-2)12-4-3-5-13(10-12)16(18)19/h3-10,17H,1-2H3. The number of thioether (sulfide) groups is 1. The molecule has 0 aromatic heterocycles. The van der Waals surface area contributed by atoms with Crippen LogP contribution in [0.5, 0.6) is 5.75 Å². The van der Waals surface area contributed by atoms with Crippen LogP contribution < -0.4 is 4.74 Å². The van der Waals surface area contributed by atoms with Gasteiger partial charge < -0.3 is 9.84 Å². The van der Waals surface area contributed by atoms with Crippen molar-refractivity contribution >= 4 is 17.4 Å². The van der Waals surface area contributed by atoms with Crippen LogP contribution in [0.1, 0.15) is 11.1 Å². The number of nitrogens with zero attached hydrogens (tertiary/aromatic N) is 1. The molecule has 0 aliphatic rings. The molecule has 0 aliphatic heterocycles. The topological polar surface area (TPSA) is 72.6 Å². The molecule has 0 amide bonds. The normalized spacial score (nSPS) is 13.5. The van der Waals surface area contributed by atoms with Crippen LogP contribution in [-0.4, -0.2) is 23.4 Å². The average molecular weight is 305 g/mol. The zero-order valence-electron chi connectivity index (χ0n) is 11.6. The molecule has 2 rings (SSSR count). The summed E-state index contributed by atoms with van der Waals surface area (Å²) in [6.07, 6.45) is 1.75. The molecule has 21 heavy (non-hydrogen) atoms. The number of hydrogen-bond donors (Lipinski definition) is 1. The molecule has 1 N–H and O–H groups in total. The highest BCUT2D eigenvalue weighted by Crippen LogP contribution is 2.40. The van der Waals surface area contributed by atoms with Crippen LogP contribution in [0.4, 0.5) is 5.69 Å². The molecule has 2 aromatic rings. The van der Waals surface area contributed by atoms with E-state index in [4.69, 9.17) is 4.74 Å². The van der Waals surface area contributed by atoms with Crippen molar-refractivity contribution in [3.8, 4) is 5.75 Å². The maximum Gasteiger partial charge on any atom is 0.269 e. The van der Waals surface area contributed by atoms with E-state index in [2.05, 4.69) is 0 Å². The van der Waals surface area contributed by atoms with E-state index >= 15 is 0 Å². The van der Waals surface area contributed by atoms with Crippen molar-refractivity contribution in [1.29, 1.82) is 0 Å². The van der Waals surface area contributed by atoms with E-state index in [1.165, 1.54) is 23.9 Å². The number of nitro groups is 1. The number of aliphatic hydroxyl groups is 1. The van der Waals surface area contributed by atoms with Gasteiger partial charge >= 0.3 is 0 Å². The number of methoxy groups -OCH3 is 1. The molecule has 0 saturated heterocycles. The molecular weight excluding hydrogens is 290 g/mol. The Balaban J connectivity index is 2.48. The molecule has 0 aliphatic carbocycles. The first kappa shape index (κ1) is 15.3. The van der Waals surface area contributed by atoms with Gasteiger partial charge in [-0.25, -0.2) is 0 Å². The first-order valence-corrected chi connectivity index (χ1v) is 7.40. The Morgan fingerprint density at radius 3 is 2.38 bits per heavy atom. The van der Waals surface area contributed by atoms with Gasteiger partial charge in [0.15, 0.2) is 4.93 Å². The molecule has 0 radical (unpaired) electrons. The highest BCUT2D eigenvalue weighted by Gasteiger charge is 2.31. The number of non-ortho nitro benzene ring substituents is 1. The predicted molar refractivity (Wildman–Crippen MR) is 82.6 cm³/mol. The van der Waals surface area contributed by atoms with Gasteiger partial charge in [-0.3, -0.25) is 10.1 Å². The van der Waals surface area contributed by atoms with Crippen molar-refractivity contribution in [2.75, 3.05) is 13.4 Å². The second-order valence-electron chi connectivity index (χ2n) is 4.38. The minimum atomic E-state index is -1.35. The summed E-state index contributed by atoms with van der Waals surface area (Å²) < 4.78 is 5.09. The second-order valence-corrected chi connectivity index (χ2v) is 5.38. The monoisotopic (exact) mass is 305 g/mol. The molecule has 0 fully saturated rings. The minimum Gasteiger partial charge on any atom is -0.497 e. The third-order valence-electron chi connectivity index (χ3n) is 3.22. The molecule has 1 atom stereocenters. The molecule has 2 aromatic carbocycles. The van der Waals surface area contributed by atoms with Gasteiger partial charge in [-0.1, -0.05) is 24.3 Å². The summed E-state index contributed by atoms with van der Waals surface area (Å²) >= 11 is 1.20. The number of rotatable bonds is 5. The number of benzene rings is 2. The van der Waals surface area contributed by atoms with Gasteiger partial charge in [0.2, 0.25) is 0 Å². The zero-order valence-corrected chi connectivity index (χ0v) is 12.5. The van der Waals surface area contributed by atoms with Gasteiger partial charge in [-0.15, -0.1) is 11.8 Å². The quantitative estimate of drug-likeness (QED) is 0.522. The van der Waals surface area contributed by atoms with Gasteiger partial charge in [0.1, 0.15) is 5.75 Å². The predicted octanol–water partition coefficient (Wildman–Crippen LogP) is 3.16. The van der Waals surface area contributed by atoms with Crippen LogP contribution in [0.3, 0.4) is 0 Å². The maximum atomic E-state index is 10.9. The highest BCUT2D eigenvalue weighted by molar-refractivity contribution is 7.99. The maximum absolute atomic E-state index is 10.9. The lowest BCUT2D eigenvalue weighted by molar-refractivity contribution is -0.385. The Labute approximate surface area is 126 Å². The van der Waals surface area contributed by atoms with Crippen molar-refractivity contribution in [1.82, 2.24) is 0 Å². The fraction of sp³-hybridized carbons (Fsp3) is 0.200. The van der Waals surface area contributed by atoms with Crippen LogP contribution in [-0.2, 0) is 4.93 Å². The van der Waals surface area contributed by atoms with Gasteiger partial charge in [-0.2, -0.15) is 0 Å². The van der Waals surface area contributed by atoms with Crippen molar-refractivity contribution in [2.45, 2.75) is 4.93 Å². The second kappa shape index (κ2) is 6.15. The Hall–Kier alpha value is -2.05. The summed E-state index contributed by atoms with van der Waals surface area (Å²) in [4.78, 5) is 9.07. The summed E-state index contributed by atoms with van der Waals surface area (Å²) in [5.41, 5.74) is 1.05. The van der Waals surface area contributed by atoms with E-state index in [1.54, 1.807) is 49.8 Å². The summed E-state index contributed by atoms with van der Waals surface area (Å²) in [6.45, 7) is 0. The third kappa shape index (κ3) is 3.01. The van der Waals surface area contributed by atoms with Crippen LogP contribution in [0, 0.1) is 10.1 Å². The van der Waals surface area contributed by atoms with E-state index in [1.807, 2.05) is 0 Å². The number of ether oxygens (including phenoxy) is 1. The van der Waals surface area contributed by atoms with Crippen LogP contribution in [0.25, 0.3) is 0 Å². The van der Waals surface area contributed by atoms with E-state index in [-0.39, 0.29) is 5.69 Å². The zero-order chi connectivity index (χ0) is 15.5. The van der Waals surface area contributed by atoms with Crippen LogP contribution >= 0.6 is 11.8 Å². The molecule has 110 valence electrons. The lowest BCUT2D eigenvalue weighted by atomic mass is 10.00. The van der Waals surface area contributed by atoms with Gasteiger partial charge in [0.25, 0.3) is 5.69 Å². The summed E-state index contributed by atoms with van der Waals surface area (Å²) in [5, 5.41) is 21.8. The molecule has 5 nitrogen and oxygen atoms in total. The van der Waals surface area contributed by atoms with Crippen LogP contribution in [0.2, 0.25) is 0 Å². The minimum absolute atomic E-state index is 0.0477. The van der Waals surface area contributed by atoms with Crippen molar-refractivity contribution in [3.05, 3.63) is 69.8 Å². The van der Waals surface area contributed by atoms with Crippen molar-refractivity contribution < 1.29 is 14.8 Å². The number of hydrogen-bond acceptors (Lipinski definition) is 5. The fourth-order valence-corrected chi connectivity index (χ4v) is 2.78. The lowest BCUT2D eigenvalue weighted by Crippen LogP contribution is -2.22. The average Bonchev–Trinajstić information content (AvgIpc) is 2.54. The smallest absolute Gasteiger partial charge is 0.269 e. The molecule has 0 spiro atoms. The molecule has 0 bridgehead atoms. The highest BCUT2D eigenvalue weighted by atomic mass is 32.2. The van der Waals surface area contributed by atoms with E-state index in [0.29, 0.717) is 16.9 Å². The summed E-state index contributed by atoms with van der Waals surface area (Å²) in [7, 11) is 1.57. The van der Waals surface area contributed by atoms with Crippen LogP contribution in [0.15, 0.2) is 48.5 Å². The van der Waals surface area contributed by atoms with Gasteiger partial charge in [0.05, 0.1) is 12.0 Å². The van der Waals surface area contributed by atoms with E-state index in [9.17, 15) is 15.2 Å². The third-order valence-corrected chi connectivity index (χ3v) is 4.29. The van der Waals surface area contributed by atoms with Gasteiger partial charge in [-0.05, 0) is 24.0 Å². The fourth-order valence-electron chi connectivity index (χ4n) is 2.05. The Morgan fingerprint density at radius 2 is 1.86 bits per heavy atom. The molecule has 1 unspecified atom stereocenters. The van der Waals surface area contributed by atoms with E-state index < -0.39 is 9.86 Å². The van der Waals surface area contributed by atoms with E-state index in [0.717, 1.165) is 0 Å². The van der Waals surface area contributed by atoms with Crippen molar-refractivity contribution in [3.63, 3.8) is 0 Å². The Morgan fingerprint density at radius 1 is 1.19 bits per heavy atom. The summed E-state index contributed by atoms with van der Waals surface area (Å²) in [6, 6.07) is 13.0. The number of nitro benzene ring substituents is 1. The molecule has 6 heteroatoms. The van der Waals surface area contributed by atoms with Gasteiger partial charge in [0, 0.05) is 17.7 Å². The molecular formula is C15H15NO4S. The lowest BCUT2D eigenvalue weighted by Gasteiger charge is -2.27. The largest absolute Gasteiger partial charge is 0.497 e. The Bertz CT molecular complexity index is 644. The first-order chi connectivity index (χ1) is 10.0. The SMILES string of the molecule is COc1ccc(C(O)(SC)c2cccc([N+](=O)[O-])c2)cc1.